The van der Waals surface area contributed by atoms with Gasteiger partial charge < -0.3 is 20.3 Å². The van der Waals surface area contributed by atoms with E-state index in [4.69, 9.17) is 4.74 Å². The highest BCUT2D eigenvalue weighted by atomic mass is 35.5. The second kappa shape index (κ2) is 9.49. The molecule has 0 unspecified atom stereocenters. The molecule has 7 heteroatoms. The third-order valence-electron chi connectivity index (χ3n) is 6.17. The molecule has 1 aliphatic carbocycles. The van der Waals surface area contributed by atoms with E-state index in [0.29, 0.717) is 18.1 Å². The van der Waals surface area contributed by atoms with Gasteiger partial charge >= 0.3 is 11.9 Å². The lowest BCUT2D eigenvalue weighted by Crippen LogP contribution is -2.50. The van der Waals surface area contributed by atoms with Crippen molar-refractivity contribution in [2.24, 2.45) is 11.8 Å². The van der Waals surface area contributed by atoms with E-state index in [1.807, 2.05) is 30.3 Å². The molecule has 30 heavy (non-hydrogen) atoms. The van der Waals surface area contributed by atoms with Crippen LogP contribution in [0.15, 0.2) is 48.5 Å². The number of halogens is 1. The van der Waals surface area contributed by atoms with E-state index in [-0.39, 0.29) is 30.0 Å². The molecule has 1 heterocycles. The number of benzene rings is 2. The van der Waals surface area contributed by atoms with Gasteiger partial charge in [0.25, 0.3) is 0 Å². The molecule has 4 rings (SSSR count). The smallest absolute Gasteiger partial charge is 0.339 e. The molecule has 0 radical (unpaired) electrons. The first-order valence-electron chi connectivity index (χ1n) is 10.1. The molecule has 1 aliphatic heterocycles. The molecule has 0 amide bonds. The number of aliphatic carboxylic acids is 1. The quantitative estimate of drug-likeness (QED) is 0.660. The zero-order valence-electron chi connectivity index (χ0n) is 16.5. The fraction of sp³-hybridized carbons (Fsp3) is 0.391. The van der Waals surface area contributed by atoms with Gasteiger partial charge in [0, 0.05) is 0 Å². The highest BCUT2D eigenvalue weighted by Crippen LogP contribution is 2.38. The van der Waals surface area contributed by atoms with Gasteiger partial charge in [-0.2, -0.15) is 0 Å². The molecule has 1 saturated heterocycles. The van der Waals surface area contributed by atoms with Crippen LogP contribution in [0.5, 0.6) is 5.75 Å². The molecular formula is C23H26ClNO5. The molecule has 3 N–H and O–H groups in total. The number of fused-ring (bicyclic) bond motifs is 1. The van der Waals surface area contributed by atoms with E-state index >= 15 is 0 Å². The van der Waals surface area contributed by atoms with Gasteiger partial charge in [-0.25, -0.2) is 4.79 Å². The summed E-state index contributed by atoms with van der Waals surface area (Å²) < 4.78 is 6.21. The SMILES string of the molecule is Cl.O=C(O)c1ccc(-c2ccccc2)cc1O[C@H]1CC[C@H]2CN[C@H](C(=O)O)C[C@@H]2C1. The van der Waals surface area contributed by atoms with E-state index in [2.05, 4.69) is 5.32 Å². The summed E-state index contributed by atoms with van der Waals surface area (Å²) in [5.41, 5.74) is 2.06. The summed E-state index contributed by atoms with van der Waals surface area (Å²) in [5, 5.41) is 22.0. The van der Waals surface area contributed by atoms with Crippen LogP contribution in [0.2, 0.25) is 0 Å². The van der Waals surface area contributed by atoms with Crippen molar-refractivity contribution in [2.75, 3.05) is 6.54 Å². The number of nitrogens with one attached hydrogen (secondary N) is 1. The summed E-state index contributed by atoms with van der Waals surface area (Å²) in [6, 6.07) is 14.5. The van der Waals surface area contributed by atoms with Crippen LogP contribution < -0.4 is 10.1 Å². The minimum atomic E-state index is -1.01. The lowest BCUT2D eigenvalue weighted by Gasteiger charge is -2.41. The Morgan fingerprint density at radius 3 is 2.40 bits per heavy atom. The van der Waals surface area contributed by atoms with Gasteiger partial charge in [0.15, 0.2) is 0 Å². The lowest BCUT2D eigenvalue weighted by atomic mass is 9.72. The third-order valence-corrected chi connectivity index (χ3v) is 6.17. The Kier molecular flexibility index (Phi) is 7.00. The average molecular weight is 432 g/mol. The number of ether oxygens (including phenoxy) is 1. The number of carbonyl (C=O) groups is 2. The second-order valence-corrected chi connectivity index (χ2v) is 7.99. The summed E-state index contributed by atoms with van der Waals surface area (Å²) >= 11 is 0. The molecule has 2 aromatic carbocycles. The van der Waals surface area contributed by atoms with Crippen LogP contribution in [0.25, 0.3) is 11.1 Å². The standard InChI is InChI=1S/C23H25NO5.ClH/c25-22(26)19-9-7-15(14-4-2-1-3-5-14)12-21(19)29-18-8-6-16-13-24-20(23(27)28)11-17(16)10-18;/h1-5,7,9,12,16-18,20,24H,6,8,10-11,13H2,(H,25,26)(H,27,28);1H/t16-,17-,18-,20-;/m0./s1. The summed E-state index contributed by atoms with van der Waals surface area (Å²) in [4.78, 5) is 23.0. The first-order valence-corrected chi connectivity index (χ1v) is 10.1. The minimum Gasteiger partial charge on any atom is -0.489 e. The van der Waals surface area contributed by atoms with E-state index in [0.717, 1.165) is 36.9 Å². The van der Waals surface area contributed by atoms with Gasteiger partial charge in [0.05, 0.1) is 6.10 Å². The molecule has 160 valence electrons. The van der Waals surface area contributed by atoms with Gasteiger partial charge in [-0.1, -0.05) is 36.4 Å². The zero-order valence-corrected chi connectivity index (χ0v) is 17.3. The number of hydrogen-bond donors (Lipinski definition) is 3. The van der Waals surface area contributed by atoms with Crippen LogP contribution in [-0.4, -0.2) is 40.8 Å². The lowest BCUT2D eigenvalue weighted by molar-refractivity contribution is -0.141. The Morgan fingerprint density at radius 2 is 1.70 bits per heavy atom. The van der Waals surface area contributed by atoms with Crippen molar-refractivity contribution in [1.82, 2.24) is 5.32 Å². The molecule has 0 spiro atoms. The van der Waals surface area contributed by atoms with Crippen LogP contribution in [0.3, 0.4) is 0 Å². The Labute approximate surface area is 181 Å². The van der Waals surface area contributed by atoms with Gasteiger partial charge in [-0.05, 0) is 67.3 Å². The topological polar surface area (TPSA) is 95.9 Å². The molecular weight excluding hydrogens is 406 g/mol. The molecule has 4 atom stereocenters. The number of piperidine rings is 1. The van der Waals surface area contributed by atoms with Gasteiger partial charge in [0.2, 0.25) is 0 Å². The van der Waals surface area contributed by atoms with Crippen molar-refractivity contribution in [3.05, 3.63) is 54.1 Å². The van der Waals surface area contributed by atoms with Crippen molar-refractivity contribution in [2.45, 2.75) is 37.8 Å². The second-order valence-electron chi connectivity index (χ2n) is 7.99. The molecule has 1 saturated carbocycles. The Balaban J connectivity index is 0.00000256. The largest absolute Gasteiger partial charge is 0.489 e. The highest BCUT2D eigenvalue weighted by molar-refractivity contribution is 5.92. The van der Waals surface area contributed by atoms with Crippen LogP contribution in [0.4, 0.5) is 0 Å². The predicted molar refractivity (Wildman–Crippen MR) is 115 cm³/mol. The highest BCUT2D eigenvalue weighted by Gasteiger charge is 2.38. The number of carboxylic acids is 2. The summed E-state index contributed by atoms with van der Waals surface area (Å²) in [6.45, 7) is 0.720. The van der Waals surface area contributed by atoms with Crippen molar-refractivity contribution in [1.29, 1.82) is 0 Å². The van der Waals surface area contributed by atoms with Crippen molar-refractivity contribution in [3.63, 3.8) is 0 Å². The number of rotatable bonds is 5. The maximum Gasteiger partial charge on any atom is 0.339 e. The molecule has 6 nitrogen and oxygen atoms in total. The Morgan fingerprint density at radius 1 is 0.933 bits per heavy atom. The maximum absolute atomic E-state index is 11.7. The molecule has 2 fully saturated rings. The fourth-order valence-electron chi connectivity index (χ4n) is 4.60. The van der Waals surface area contributed by atoms with Gasteiger partial charge in [0.1, 0.15) is 17.4 Å². The summed E-state index contributed by atoms with van der Waals surface area (Å²) in [7, 11) is 0. The average Bonchev–Trinajstić information content (AvgIpc) is 2.73. The maximum atomic E-state index is 11.7. The van der Waals surface area contributed by atoms with Crippen molar-refractivity contribution in [3.8, 4) is 16.9 Å². The van der Waals surface area contributed by atoms with E-state index in [1.54, 1.807) is 18.2 Å². The molecule has 2 aromatic rings. The van der Waals surface area contributed by atoms with Crippen LogP contribution in [-0.2, 0) is 4.79 Å². The van der Waals surface area contributed by atoms with E-state index < -0.39 is 18.0 Å². The first-order chi connectivity index (χ1) is 14.0. The van der Waals surface area contributed by atoms with Gasteiger partial charge in [-0.3, -0.25) is 4.79 Å². The van der Waals surface area contributed by atoms with Gasteiger partial charge in [-0.15, -0.1) is 12.4 Å². The fourth-order valence-corrected chi connectivity index (χ4v) is 4.60. The number of carboxylic acid groups (broad SMARTS) is 2. The number of hydrogen-bond acceptors (Lipinski definition) is 4. The molecule has 2 aliphatic rings. The van der Waals surface area contributed by atoms with E-state index in [9.17, 15) is 19.8 Å². The zero-order chi connectivity index (χ0) is 20.4. The van der Waals surface area contributed by atoms with Crippen molar-refractivity contribution >= 4 is 24.3 Å². The molecule has 0 bridgehead atoms. The predicted octanol–water partition coefficient (Wildman–Crippen LogP) is 4.08. The van der Waals surface area contributed by atoms with Crippen LogP contribution in [0.1, 0.15) is 36.0 Å². The molecule has 0 aromatic heterocycles. The normalized spacial score (nSPS) is 25.5. The van der Waals surface area contributed by atoms with Crippen LogP contribution >= 0.6 is 12.4 Å². The monoisotopic (exact) mass is 431 g/mol. The summed E-state index contributed by atoms with van der Waals surface area (Å²) in [5.74, 6) is -0.705. The Hall–Kier alpha value is -2.57. The summed E-state index contributed by atoms with van der Waals surface area (Å²) in [6.07, 6.45) is 3.04. The minimum absolute atomic E-state index is 0. The van der Waals surface area contributed by atoms with E-state index in [1.165, 1.54) is 0 Å². The number of aromatic carboxylic acids is 1. The Bertz CT molecular complexity index is 904. The third kappa shape index (κ3) is 4.77. The van der Waals surface area contributed by atoms with Crippen LogP contribution in [0, 0.1) is 11.8 Å². The first kappa shape index (κ1) is 22.1. The van der Waals surface area contributed by atoms with Crippen molar-refractivity contribution < 1.29 is 24.5 Å².